The Hall–Kier alpha value is -2.48. The molecule has 8 nitrogen and oxygen atoms in total. The first kappa shape index (κ1) is 17.0. The average molecular weight is 357 g/mol. The van der Waals surface area contributed by atoms with Gasteiger partial charge in [0.1, 0.15) is 18.4 Å². The molecule has 2 aromatic heterocycles. The lowest BCUT2D eigenvalue weighted by molar-refractivity contribution is 0.0752. The summed E-state index contributed by atoms with van der Waals surface area (Å²) in [5, 5.41) is 13.3. The Morgan fingerprint density at radius 1 is 1.27 bits per heavy atom. The largest absolute Gasteiger partial charge is 0.396 e. The van der Waals surface area contributed by atoms with Gasteiger partial charge in [0, 0.05) is 50.8 Å². The van der Waals surface area contributed by atoms with Crippen LogP contribution < -0.4 is 4.90 Å². The van der Waals surface area contributed by atoms with Crippen molar-refractivity contribution in [2.45, 2.75) is 25.7 Å². The van der Waals surface area contributed by atoms with Crippen LogP contribution in [0.5, 0.6) is 0 Å². The second-order valence-electron chi connectivity index (χ2n) is 6.94. The Kier molecular flexibility index (Phi) is 4.83. The molecule has 1 amide bonds. The Morgan fingerprint density at radius 3 is 2.96 bits per heavy atom. The topological polar surface area (TPSA) is 95.6 Å². The summed E-state index contributed by atoms with van der Waals surface area (Å²) < 4.78 is 4.79. The SMILES string of the molecule is O=C(c1ccon1)N1CCc2ncnc(N3CCC[C@@H](CO)C3)c2CC1. The van der Waals surface area contributed by atoms with Crippen molar-refractivity contribution >= 4 is 11.7 Å². The lowest BCUT2D eigenvalue weighted by Gasteiger charge is -2.34. The van der Waals surface area contributed by atoms with Gasteiger partial charge in [-0.15, -0.1) is 0 Å². The molecule has 0 bridgehead atoms. The standard InChI is InChI=1S/C18H23N5O3/c24-11-13-2-1-6-23(10-13)17-14-3-7-22(8-4-15(14)19-12-20-17)18(25)16-5-9-26-21-16/h5,9,12-13,24H,1-4,6-8,10-11H2/t13-/m1/s1. The van der Waals surface area contributed by atoms with Gasteiger partial charge in [0.05, 0.1) is 5.69 Å². The number of aliphatic hydroxyl groups is 1. The number of aromatic nitrogens is 3. The van der Waals surface area contributed by atoms with Crippen molar-refractivity contribution in [1.82, 2.24) is 20.0 Å². The van der Waals surface area contributed by atoms with Crippen molar-refractivity contribution in [1.29, 1.82) is 0 Å². The third kappa shape index (κ3) is 3.29. The fourth-order valence-corrected chi connectivity index (χ4v) is 3.88. The molecule has 2 aromatic rings. The van der Waals surface area contributed by atoms with Crippen molar-refractivity contribution in [3.63, 3.8) is 0 Å². The van der Waals surface area contributed by atoms with E-state index < -0.39 is 0 Å². The first-order valence-electron chi connectivity index (χ1n) is 9.14. The first-order valence-corrected chi connectivity index (χ1v) is 9.14. The average Bonchev–Trinajstić information content (AvgIpc) is 3.14. The van der Waals surface area contributed by atoms with E-state index in [1.165, 1.54) is 6.26 Å². The molecule has 1 atom stereocenters. The van der Waals surface area contributed by atoms with E-state index in [1.54, 1.807) is 17.3 Å². The van der Waals surface area contributed by atoms with Crippen LogP contribution in [0.2, 0.25) is 0 Å². The van der Waals surface area contributed by atoms with Crippen LogP contribution in [-0.2, 0) is 12.8 Å². The van der Waals surface area contributed by atoms with Crippen LogP contribution in [0.1, 0.15) is 34.6 Å². The minimum atomic E-state index is -0.112. The molecule has 1 saturated heterocycles. The number of amides is 1. The van der Waals surface area contributed by atoms with Gasteiger partial charge < -0.3 is 19.4 Å². The summed E-state index contributed by atoms with van der Waals surface area (Å²) in [5.74, 6) is 1.15. The minimum absolute atomic E-state index is 0.112. The molecule has 2 aliphatic heterocycles. The number of rotatable bonds is 3. The van der Waals surface area contributed by atoms with Gasteiger partial charge in [0.2, 0.25) is 0 Å². The molecule has 0 aliphatic carbocycles. The minimum Gasteiger partial charge on any atom is -0.396 e. The van der Waals surface area contributed by atoms with Crippen molar-refractivity contribution in [2.24, 2.45) is 5.92 Å². The fraction of sp³-hybridized carbons (Fsp3) is 0.556. The molecule has 4 rings (SSSR count). The highest BCUT2D eigenvalue weighted by Crippen LogP contribution is 2.28. The molecule has 0 radical (unpaired) electrons. The zero-order valence-corrected chi connectivity index (χ0v) is 14.7. The van der Waals surface area contributed by atoms with E-state index in [2.05, 4.69) is 20.0 Å². The highest BCUT2D eigenvalue weighted by Gasteiger charge is 2.27. The Balaban J connectivity index is 1.54. The number of fused-ring (bicyclic) bond motifs is 1. The summed E-state index contributed by atoms with van der Waals surface area (Å²) in [6.45, 7) is 3.19. The third-order valence-corrected chi connectivity index (χ3v) is 5.28. The molecule has 26 heavy (non-hydrogen) atoms. The molecule has 1 fully saturated rings. The summed E-state index contributed by atoms with van der Waals surface area (Å²) in [7, 11) is 0. The van der Waals surface area contributed by atoms with Crippen LogP contribution in [0.25, 0.3) is 0 Å². The lowest BCUT2D eigenvalue weighted by Crippen LogP contribution is -2.38. The Morgan fingerprint density at radius 2 is 2.15 bits per heavy atom. The summed E-state index contributed by atoms with van der Waals surface area (Å²) in [6.07, 6.45) is 6.56. The van der Waals surface area contributed by atoms with Crippen molar-refractivity contribution in [3.8, 4) is 0 Å². The molecule has 8 heteroatoms. The normalized spacial score (nSPS) is 20.6. The molecular weight excluding hydrogens is 334 g/mol. The zero-order chi connectivity index (χ0) is 17.9. The number of aliphatic hydroxyl groups excluding tert-OH is 1. The smallest absolute Gasteiger partial charge is 0.276 e. The maximum absolute atomic E-state index is 12.6. The van der Waals surface area contributed by atoms with E-state index in [0.29, 0.717) is 31.1 Å². The van der Waals surface area contributed by atoms with Gasteiger partial charge in [-0.2, -0.15) is 0 Å². The number of carbonyl (C=O) groups excluding carboxylic acids is 1. The molecule has 0 aromatic carbocycles. The monoisotopic (exact) mass is 357 g/mol. The van der Waals surface area contributed by atoms with Gasteiger partial charge in [-0.25, -0.2) is 9.97 Å². The molecule has 0 spiro atoms. The third-order valence-electron chi connectivity index (χ3n) is 5.28. The number of hydrogen-bond donors (Lipinski definition) is 1. The molecule has 138 valence electrons. The number of carbonyl (C=O) groups is 1. The summed E-state index contributed by atoms with van der Waals surface area (Å²) in [5.41, 5.74) is 2.47. The van der Waals surface area contributed by atoms with E-state index in [1.807, 2.05) is 0 Å². The van der Waals surface area contributed by atoms with E-state index in [-0.39, 0.29) is 12.5 Å². The van der Waals surface area contributed by atoms with Gasteiger partial charge >= 0.3 is 0 Å². The fourth-order valence-electron chi connectivity index (χ4n) is 3.88. The van der Waals surface area contributed by atoms with Crippen LogP contribution in [0, 0.1) is 5.92 Å². The van der Waals surface area contributed by atoms with E-state index in [9.17, 15) is 9.90 Å². The Labute approximate surface area is 151 Å². The van der Waals surface area contributed by atoms with E-state index in [4.69, 9.17) is 4.52 Å². The molecule has 2 aliphatic rings. The van der Waals surface area contributed by atoms with E-state index in [0.717, 1.165) is 49.4 Å². The van der Waals surface area contributed by atoms with Crippen molar-refractivity contribution in [3.05, 3.63) is 35.6 Å². The van der Waals surface area contributed by atoms with Crippen molar-refractivity contribution in [2.75, 3.05) is 37.7 Å². The second kappa shape index (κ2) is 7.41. The van der Waals surface area contributed by atoms with Gasteiger partial charge in [-0.05, 0) is 25.2 Å². The number of nitrogens with zero attached hydrogens (tertiary/aromatic N) is 5. The van der Waals surface area contributed by atoms with Crippen molar-refractivity contribution < 1.29 is 14.4 Å². The summed E-state index contributed by atoms with van der Waals surface area (Å²) in [6, 6.07) is 1.59. The highest BCUT2D eigenvalue weighted by molar-refractivity contribution is 5.92. The zero-order valence-electron chi connectivity index (χ0n) is 14.7. The number of piperidine rings is 1. The van der Waals surface area contributed by atoms with Gasteiger partial charge in [-0.1, -0.05) is 5.16 Å². The number of hydrogen-bond acceptors (Lipinski definition) is 7. The van der Waals surface area contributed by atoms with Crippen LogP contribution >= 0.6 is 0 Å². The van der Waals surface area contributed by atoms with Gasteiger partial charge in [0.25, 0.3) is 5.91 Å². The van der Waals surface area contributed by atoms with Gasteiger partial charge in [0.15, 0.2) is 5.69 Å². The molecule has 4 heterocycles. The highest BCUT2D eigenvalue weighted by atomic mass is 16.5. The molecule has 1 N–H and O–H groups in total. The molecular formula is C18H23N5O3. The number of anilines is 1. The summed E-state index contributed by atoms with van der Waals surface area (Å²) in [4.78, 5) is 25.6. The summed E-state index contributed by atoms with van der Waals surface area (Å²) >= 11 is 0. The lowest BCUT2D eigenvalue weighted by atomic mass is 9.98. The predicted molar refractivity (Wildman–Crippen MR) is 93.9 cm³/mol. The van der Waals surface area contributed by atoms with Crippen LogP contribution in [0.15, 0.2) is 23.2 Å². The maximum Gasteiger partial charge on any atom is 0.276 e. The Bertz CT molecular complexity index is 764. The second-order valence-corrected chi connectivity index (χ2v) is 6.94. The van der Waals surface area contributed by atoms with Crippen LogP contribution in [0.3, 0.4) is 0 Å². The molecule has 0 saturated carbocycles. The quantitative estimate of drug-likeness (QED) is 0.872. The van der Waals surface area contributed by atoms with Gasteiger partial charge in [-0.3, -0.25) is 4.79 Å². The maximum atomic E-state index is 12.6. The van der Waals surface area contributed by atoms with Crippen LogP contribution in [0.4, 0.5) is 5.82 Å². The predicted octanol–water partition coefficient (Wildman–Crippen LogP) is 0.914. The van der Waals surface area contributed by atoms with E-state index >= 15 is 0 Å². The molecule has 0 unspecified atom stereocenters. The van der Waals surface area contributed by atoms with Crippen LogP contribution in [-0.4, -0.2) is 63.8 Å². The first-order chi connectivity index (χ1) is 12.8.